The number of rotatable bonds is 3. The number of nitrogens with one attached hydrogen (secondary N) is 1. The molecule has 1 saturated heterocycles. The number of amides is 3. The maximum atomic E-state index is 13.7. The predicted octanol–water partition coefficient (Wildman–Crippen LogP) is 2.58. The first-order chi connectivity index (χ1) is 8.95. The fourth-order valence-corrected chi connectivity index (χ4v) is 2.23. The molecule has 1 aliphatic heterocycles. The molecule has 0 radical (unpaired) electrons. The van der Waals surface area contributed by atoms with Gasteiger partial charge in [-0.25, -0.2) is 18.5 Å². The molecule has 19 heavy (non-hydrogen) atoms. The molecule has 0 bridgehead atoms. The van der Waals surface area contributed by atoms with E-state index in [2.05, 4.69) is 5.32 Å². The Labute approximate surface area is 109 Å². The molecule has 3 amide bonds. The normalized spacial score (nSPS) is 17.8. The summed E-state index contributed by atoms with van der Waals surface area (Å²) < 4.78 is 26.6. The average molecular weight is 268 g/mol. The van der Waals surface area contributed by atoms with Crippen molar-refractivity contribution in [3.63, 3.8) is 0 Å². The van der Waals surface area contributed by atoms with E-state index in [1.54, 1.807) is 13.8 Å². The summed E-state index contributed by atoms with van der Waals surface area (Å²) in [6.45, 7) is 3.54. The minimum atomic E-state index is -1.00. The van der Waals surface area contributed by atoms with Crippen molar-refractivity contribution in [2.45, 2.75) is 32.2 Å². The highest BCUT2D eigenvalue weighted by Gasteiger charge is 2.49. The van der Waals surface area contributed by atoms with Gasteiger partial charge in [-0.2, -0.15) is 0 Å². The van der Waals surface area contributed by atoms with E-state index in [1.807, 2.05) is 0 Å². The molecule has 0 aliphatic carbocycles. The molecule has 0 atom stereocenters. The van der Waals surface area contributed by atoms with Gasteiger partial charge in [-0.3, -0.25) is 4.79 Å². The number of imide groups is 1. The summed E-state index contributed by atoms with van der Waals surface area (Å²) in [7, 11) is 0. The maximum absolute atomic E-state index is 13.7. The Morgan fingerprint density at radius 3 is 2.32 bits per heavy atom. The van der Waals surface area contributed by atoms with Gasteiger partial charge in [-0.05, 0) is 25.0 Å². The number of nitrogens with zero attached hydrogens (tertiary/aromatic N) is 1. The first-order valence-corrected chi connectivity index (χ1v) is 6.07. The van der Waals surface area contributed by atoms with Crippen molar-refractivity contribution >= 4 is 17.6 Å². The zero-order chi connectivity index (χ0) is 14.2. The van der Waals surface area contributed by atoms with Gasteiger partial charge in [0.2, 0.25) is 0 Å². The second-order valence-corrected chi connectivity index (χ2v) is 4.46. The van der Waals surface area contributed by atoms with Crippen LogP contribution >= 0.6 is 0 Å². The molecule has 6 heteroatoms. The van der Waals surface area contributed by atoms with Crippen LogP contribution in [-0.2, 0) is 4.79 Å². The largest absolute Gasteiger partial charge is 0.329 e. The lowest BCUT2D eigenvalue weighted by Crippen LogP contribution is -2.45. The lowest BCUT2D eigenvalue weighted by atomic mass is 9.93. The molecule has 0 spiro atoms. The lowest BCUT2D eigenvalue weighted by molar-refractivity contribution is -0.122. The molecule has 1 aliphatic rings. The van der Waals surface area contributed by atoms with E-state index in [0.29, 0.717) is 18.9 Å². The van der Waals surface area contributed by atoms with Crippen LogP contribution < -0.4 is 10.2 Å². The standard InChI is InChI=1S/C13H14F2N2O2/c1-3-13(4-2)11(18)17(12(19)16-13)10-6-5-8(14)7-9(10)15/h5-7H,3-4H2,1-2H3,(H,16,19). The van der Waals surface area contributed by atoms with Crippen molar-refractivity contribution in [2.24, 2.45) is 0 Å². The number of benzene rings is 1. The number of anilines is 1. The van der Waals surface area contributed by atoms with Crippen molar-refractivity contribution < 1.29 is 18.4 Å². The number of hydrogen-bond donors (Lipinski definition) is 1. The van der Waals surface area contributed by atoms with Gasteiger partial charge in [-0.1, -0.05) is 13.8 Å². The topological polar surface area (TPSA) is 49.4 Å². The Hall–Kier alpha value is -1.98. The summed E-state index contributed by atoms with van der Waals surface area (Å²) in [6, 6.07) is 2.06. The van der Waals surface area contributed by atoms with Crippen LogP contribution in [0.25, 0.3) is 0 Å². The summed E-state index contributed by atoms with van der Waals surface area (Å²) in [4.78, 5) is 24.9. The van der Waals surface area contributed by atoms with Crippen LogP contribution in [0.3, 0.4) is 0 Å². The number of hydrogen-bond acceptors (Lipinski definition) is 2. The van der Waals surface area contributed by atoms with Crippen molar-refractivity contribution in [2.75, 3.05) is 4.90 Å². The van der Waals surface area contributed by atoms with Gasteiger partial charge in [0.15, 0.2) is 0 Å². The fraction of sp³-hybridized carbons (Fsp3) is 0.385. The Bertz CT molecular complexity index is 541. The SMILES string of the molecule is CCC1(CC)NC(=O)N(c2ccc(F)cc2F)C1=O. The second kappa shape index (κ2) is 4.60. The molecule has 2 rings (SSSR count). The predicted molar refractivity (Wildman–Crippen MR) is 65.7 cm³/mol. The molecule has 4 nitrogen and oxygen atoms in total. The van der Waals surface area contributed by atoms with Crippen LogP contribution in [0.5, 0.6) is 0 Å². The monoisotopic (exact) mass is 268 g/mol. The highest BCUT2D eigenvalue weighted by molar-refractivity contribution is 6.23. The van der Waals surface area contributed by atoms with E-state index >= 15 is 0 Å². The highest BCUT2D eigenvalue weighted by Crippen LogP contribution is 2.30. The van der Waals surface area contributed by atoms with Crippen LogP contribution in [-0.4, -0.2) is 17.5 Å². The minimum Gasteiger partial charge on any atom is -0.323 e. The molecule has 1 N–H and O–H groups in total. The third kappa shape index (κ3) is 1.97. The van der Waals surface area contributed by atoms with E-state index in [4.69, 9.17) is 0 Å². The Balaban J connectivity index is 2.46. The van der Waals surface area contributed by atoms with Crippen molar-refractivity contribution in [3.8, 4) is 0 Å². The van der Waals surface area contributed by atoms with E-state index < -0.39 is 29.1 Å². The average Bonchev–Trinajstić information content (AvgIpc) is 2.62. The van der Waals surface area contributed by atoms with Gasteiger partial charge < -0.3 is 5.32 Å². The van der Waals surface area contributed by atoms with E-state index in [1.165, 1.54) is 0 Å². The summed E-state index contributed by atoms with van der Waals surface area (Å²) in [6.07, 6.45) is 0.820. The second-order valence-electron chi connectivity index (χ2n) is 4.46. The molecule has 1 fully saturated rings. The van der Waals surface area contributed by atoms with Crippen LogP contribution in [0.15, 0.2) is 18.2 Å². The Kier molecular flexibility index (Phi) is 3.26. The minimum absolute atomic E-state index is 0.229. The Morgan fingerprint density at radius 1 is 1.21 bits per heavy atom. The van der Waals surface area contributed by atoms with Crippen LogP contribution in [0.2, 0.25) is 0 Å². The van der Waals surface area contributed by atoms with Gasteiger partial charge in [-0.15, -0.1) is 0 Å². The number of carbonyl (C=O) groups excluding carboxylic acids is 2. The maximum Gasteiger partial charge on any atom is 0.329 e. The summed E-state index contributed by atoms with van der Waals surface area (Å²) in [5.74, 6) is -2.20. The van der Waals surface area contributed by atoms with Crippen molar-refractivity contribution in [1.82, 2.24) is 5.32 Å². The highest BCUT2D eigenvalue weighted by atomic mass is 19.1. The lowest BCUT2D eigenvalue weighted by Gasteiger charge is -2.23. The van der Waals surface area contributed by atoms with E-state index in [0.717, 1.165) is 17.0 Å². The van der Waals surface area contributed by atoms with Gasteiger partial charge in [0.1, 0.15) is 17.2 Å². The van der Waals surface area contributed by atoms with Crippen molar-refractivity contribution in [1.29, 1.82) is 0 Å². The number of halogens is 2. The number of urea groups is 1. The summed E-state index contributed by atoms with van der Waals surface area (Å²) in [5.41, 5.74) is -1.23. The van der Waals surface area contributed by atoms with E-state index in [9.17, 15) is 18.4 Å². The number of carbonyl (C=O) groups is 2. The molecule has 102 valence electrons. The molecule has 1 heterocycles. The molecule has 0 aromatic heterocycles. The Morgan fingerprint density at radius 2 is 1.84 bits per heavy atom. The zero-order valence-electron chi connectivity index (χ0n) is 10.7. The molecule has 0 saturated carbocycles. The van der Waals surface area contributed by atoms with Crippen LogP contribution in [0.4, 0.5) is 19.3 Å². The van der Waals surface area contributed by atoms with Gasteiger partial charge in [0.25, 0.3) is 5.91 Å². The van der Waals surface area contributed by atoms with Gasteiger partial charge in [0.05, 0.1) is 5.69 Å². The quantitative estimate of drug-likeness (QED) is 0.856. The first-order valence-electron chi connectivity index (χ1n) is 6.07. The van der Waals surface area contributed by atoms with Gasteiger partial charge in [0, 0.05) is 6.07 Å². The van der Waals surface area contributed by atoms with Crippen LogP contribution in [0.1, 0.15) is 26.7 Å². The third-order valence-electron chi connectivity index (χ3n) is 3.52. The fourth-order valence-electron chi connectivity index (χ4n) is 2.23. The van der Waals surface area contributed by atoms with E-state index in [-0.39, 0.29) is 5.69 Å². The first kappa shape index (κ1) is 13.5. The van der Waals surface area contributed by atoms with Crippen LogP contribution in [0, 0.1) is 11.6 Å². The molecule has 1 aromatic carbocycles. The third-order valence-corrected chi connectivity index (χ3v) is 3.52. The van der Waals surface area contributed by atoms with Gasteiger partial charge >= 0.3 is 6.03 Å². The summed E-state index contributed by atoms with van der Waals surface area (Å²) >= 11 is 0. The smallest absolute Gasteiger partial charge is 0.323 e. The van der Waals surface area contributed by atoms with Crippen molar-refractivity contribution in [3.05, 3.63) is 29.8 Å². The molecular weight excluding hydrogens is 254 g/mol. The zero-order valence-corrected chi connectivity index (χ0v) is 10.7. The molecule has 1 aromatic rings. The molecular formula is C13H14F2N2O2. The summed E-state index contributed by atoms with van der Waals surface area (Å²) in [5, 5.41) is 2.58. The molecule has 0 unspecified atom stereocenters.